The lowest BCUT2D eigenvalue weighted by Crippen LogP contribution is -2.46. The summed E-state index contributed by atoms with van der Waals surface area (Å²) in [5, 5.41) is 0. The zero-order valence-corrected chi connectivity index (χ0v) is 15.0. The molecule has 0 aliphatic carbocycles. The van der Waals surface area contributed by atoms with Crippen LogP contribution >= 0.6 is 0 Å². The van der Waals surface area contributed by atoms with Gasteiger partial charge in [-0.05, 0) is 24.0 Å². The van der Waals surface area contributed by atoms with Crippen molar-refractivity contribution in [2.75, 3.05) is 6.61 Å². The molecule has 1 aliphatic rings. The molecular formula is C22H22FNO3. The van der Waals surface area contributed by atoms with E-state index in [1.807, 2.05) is 60.7 Å². The van der Waals surface area contributed by atoms with Crippen molar-refractivity contribution < 1.29 is 18.7 Å². The summed E-state index contributed by atoms with van der Waals surface area (Å²) in [5.74, 6) is -1.58. The molecule has 2 aromatic rings. The lowest BCUT2D eigenvalue weighted by atomic mass is 9.92. The molecular weight excluding hydrogens is 345 g/mol. The van der Waals surface area contributed by atoms with Crippen LogP contribution in [0.4, 0.5) is 9.18 Å². The molecule has 1 heterocycles. The molecule has 5 heteroatoms. The summed E-state index contributed by atoms with van der Waals surface area (Å²) in [7, 11) is 0. The predicted octanol–water partition coefficient (Wildman–Crippen LogP) is 3.96. The largest absolute Gasteiger partial charge is 0.447 e. The maximum Gasteiger partial charge on any atom is 0.416 e. The van der Waals surface area contributed by atoms with Crippen LogP contribution < -0.4 is 0 Å². The number of hydrogen-bond acceptors (Lipinski definition) is 3. The number of hydrogen-bond donors (Lipinski definition) is 0. The second kappa shape index (κ2) is 8.62. The van der Waals surface area contributed by atoms with Crippen LogP contribution in [0.25, 0.3) is 0 Å². The van der Waals surface area contributed by atoms with Gasteiger partial charge in [-0.1, -0.05) is 66.7 Å². The van der Waals surface area contributed by atoms with Crippen molar-refractivity contribution in [1.82, 2.24) is 4.90 Å². The van der Waals surface area contributed by atoms with Crippen LogP contribution in [0.15, 0.2) is 73.3 Å². The molecule has 3 atom stereocenters. The van der Waals surface area contributed by atoms with E-state index in [0.717, 1.165) is 22.1 Å². The highest BCUT2D eigenvalue weighted by Gasteiger charge is 2.42. The Hall–Kier alpha value is -2.95. The van der Waals surface area contributed by atoms with Crippen molar-refractivity contribution in [2.45, 2.75) is 25.1 Å². The smallest absolute Gasteiger partial charge is 0.416 e. The summed E-state index contributed by atoms with van der Waals surface area (Å²) < 4.78 is 19.7. The number of cyclic esters (lactones) is 1. The molecule has 2 aromatic carbocycles. The predicted molar refractivity (Wildman–Crippen MR) is 101 cm³/mol. The van der Waals surface area contributed by atoms with E-state index < -0.39 is 30.1 Å². The number of halogens is 1. The van der Waals surface area contributed by atoms with Crippen LogP contribution in [-0.4, -0.2) is 35.7 Å². The Bertz CT molecular complexity index is 794. The van der Waals surface area contributed by atoms with Gasteiger partial charge in [-0.15, -0.1) is 6.58 Å². The normalized spacial score (nSPS) is 18.6. The second-order valence-corrected chi connectivity index (χ2v) is 6.61. The lowest BCUT2D eigenvalue weighted by Gasteiger charge is -2.26. The highest BCUT2D eigenvalue weighted by Crippen LogP contribution is 2.25. The molecule has 27 heavy (non-hydrogen) atoms. The highest BCUT2D eigenvalue weighted by atomic mass is 19.1. The summed E-state index contributed by atoms with van der Waals surface area (Å²) in [6.45, 7) is 3.59. The van der Waals surface area contributed by atoms with E-state index >= 15 is 0 Å². The summed E-state index contributed by atoms with van der Waals surface area (Å²) >= 11 is 0. The first kappa shape index (κ1) is 18.8. The number of imide groups is 1. The van der Waals surface area contributed by atoms with E-state index in [-0.39, 0.29) is 13.0 Å². The molecule has 3 rings (SSSR count). The molecule has 0 radical (unpaired) electrons. The van der Waals surface area contributed by atoms with Gasteiger partial charge in [0.05, 0.1) is 12.0 Å². The average molecular weight is 367 g/mol. The zero-order valence-electron chi connectivity index (χ0n) is 15.0. The van der Waals surface area contributed by atoms with Crippen LogP contribution in [0.2, 0.25) is 0 Å². The summed E-state index contributed by atoms with van der Waals surface area (Å²) in [6, 6.07) is 18.3. The number of nitrogens with zero attached hydrogens (tertiary/aromatic N) is 1. The highest BCUT2D eigenvalue weighted by molar-refractivity contribution is 5.95. The van der Waals surface area contributed by atoms with Gasteiger partial charge >= 0.3 is 6.09 Å². The summed E-state index contributed by atoms with van der Waals surface area (Å²) in [4.78, 5) is 26.4. The number of allylic oxidation sites excluding steroid dienone is 1. The Balaban J connectivity index is 1.81. The van der Waals surface area contributed by atoms with E-state index in [2.05, 4.69) is 6.58 Å². The van der Waals surface area contributed by atoms with Crippen molar-refractivity contribution in [3.05, 3.63) is 84.4 Å². The van der Waals surface area contributed by atoms with E-state index in [1.54, 1.807) is 0 Å². The number of alkyl halides is 1. The van der Waals surface area contributed by atoms with Crippen LogP contribution in [-0.2, 0) is 22.4 Å². The average Bonchev–Trinajstić information content (AvgIpc) is 3.06. The number of amides is 2. The van der Waals surface area contributed by atoms with Gasteiger partial charge in [-0.2, -0.15) is 0 Å². The molecule has 0 bridgehead atoms. The third-order valence-electron chi connectivity index (χ3n) is 4.74. The maximum atomic E-state index is 14.5. The van der Waals surface area contributed by atoms with Gasteiger partial charge in [0.2, 0.25) is 5.91 Å². The Morgan fingerprint density at radius 2 is 1.74 bits per heavy atom. The lowest BCUT2D eigenvalue weighted by molar-refractivity contribution is -0.134. The van der Waals surface area contributed by atoms with Gasteiger partial charge in [0.1, 0.15) is 12.8 Å². The molecule has 0 saturated carbocycles. The van der Waals surface area contributed by atoms with Crippen LogP contribution in [0.5, 0.6) is 0 Å². The SMILES string of the molecule is C=CC(F)C(Cc1ccccc1)C(=O)N1C(=O)OC[C@H]1Cc1ccccc1. The molecule has 0 spiro atoms. The third kappa shape index (κ3) is 4.42. The van der Waals surface area contributed by atoms with E-state index in [1.165, 1.54) is 0 Å². The fraction of sp³-hybridized carbons (Fsp3) is 0.273. The van der Waals surface area contributed by atoms with Gasteiger partial charge in [0, 0.05) is 0 Å². The van der Waals surface area contributed by atoms with E-state index in [9.17, 15) is 14.0 Å². The van der Waals surface area contributed by atoms with Crippen LogP contribution in [0.3, 0.4) is 0 Å². The maximum absolute atomic E-state index is 14.5. The summed E-state index contributed by atoms with van der Waals surface area (Å²) in [5.41, 5.74) is 1.81. The zero-order chi connectivity index (χ0) is 19.2. The topological polar surface area (TPSA) is 46.6 Å². The second-order valence-electron chi connectivity index (χ2n) is 6.61. The quantitative estimate of drug-likeness (QED) is 0.696. The molecule has 2 amide bonds. The van der Waals surface area contributed by atoms with Gasteiger partial charge in [0.15, 0.2) is 0 Å². The number of carbonyl (C=O) groups is 2. The monoisotopic (exact) mass is 367 g/mol. The Morgan fingerprint density at radius 3 is 2.33 bits per heavy atom. The van der Waals surface area contributed by atoms with Crippen molar-refractivity contribution in [3.63, 3.8) is 0 Å². The first-order valence-corrected chi connectivity index (χ1v) is 8.94. The first-order valence-electron chi connectivity index (χ1n) is 8.94. The minimum atomic E-state index is -1.55. The third-order valence-corrected chi connectivity index (χ3v) is 4.74. The molecule has 0 N–H and O–H groups in total. The summed E-state index contributed by atoms with van der Waals surface area (Å²) in [6.07, 6.45) is -0.492. The van der Waals surface area contributed by atoms with Crippen molar-refractivity contribution in [2.24, 2.45) is 5.92 Å². The van der Waals surface area contributed by atoms with Crippen LogP contribution in [0.1, 0.15) is 11.1 Å². The van der Waals surface area contributed by atoms with Gasteiger partial charge in [0.25, 0.3) is 0 Å². The number of ether oxygens (including phenoxy) is 1. The number of carbonyl (C=O) groups excluding carboxylic acids is 2. The minimum absolute atomic E-state index is 0.114. The molecule has 2 unspecified atom stereocenters. The van der Waals surface area contributed by atoms with Crippen molar-refractivity contribution >= 4 is 12.0 Å². The Kier molecular flexibility index (Phi) is 6.01. The van der Waals surface area contributed by atoms with Crippen molar-refractivity contribution in [1.29, 1.82) is 0 Å². The van der Waals surface area contributed by atoms with Crippen molar-refractivity contribution in [3.8, 4) is 0 Å². The van der Waals surface area contributed by atoms with E-state index in [0.29, 0.717) is 6.42 Å². The molecule has 0 aromatic heterocycles. The standard InChI is InChI=1S/C22H22FNO3/c1-2-20(23)19(14-17-11-7-4-8-12-17)21(25)24-18(15-27-22(24)26)13-16-9-5-3-6-10-16/h2-12,18-20H,1,13-15H2/t18-,19?,20?/m1/s1. The molecule has 1 aliphatic heterocycles. The van der Waals surface area contributed by atoms with Gasteiger partial charge in [-0.25, -0.2) is 14.1 Å². The minimum Gasteiger partial charge on any atom is -0.447 e. The first-order chi connectivity index (χ1) is 13.1. The molecule has 140 valence electrons. The fourth-order valence-electron chi connectivity index (χ4n) is 3.31. The Morgan fingerprint density at radius 1 is 1.15 bits per heavy atom. The number of benzene rings is 2. The Labute approximate surface area is 158 Å². The van der Waals surface area contributed by atoms with Gasteiger partial charge in [-0.3, -0.25) is 4.79 Å². The molecule has 4 nitrogen and oxygen atoms in total. The van der Waals surface area contributed by atoms with E-state index in [4.69, 9.17) is 4.74 Å². The molecule has 1 saturated heterocycles. The van der Waals surface area contributed by atoms with Crippen LogP contribution in [0, 0.1) is 5.92 Å². The van der Waals surface area contributed by atoms with Gasteiger partial charge < -0.3 is 4.74 Å². The fourth-order valence-corrected chi connectivity index (χ4v) is 3.31. The number of rotatable bonds is 7. The molecule has 1 fully saturated rings.